The molecule has 1 aliphatic carbocycles. The zero-order chi connectivity index (χ0) is 17.0. The Bertz CT molecular complexity index is 670. The van der Waals surface area contributed by atoms with Gasteiger partial charge in [-0.3, -0.25) is 4.79 Å². The van der Waals surface area contributed by atoms with Gasteiger partial charge in [0.1, 0.15) is 11.4 Å². The molecule has 1 saturated carbocycles. The van der Waals surface area contributed by atoms with Gasteiger partial charge in [0.05, 0.1) is 6.54 Å². The van der Waals surface area contributed by atoms with E-state index in [-0.39, 0.29) is 18.4 Å². The van der Waals surface area contributed by atoms with E-state index in [1.54, 1.807) is 6.92 Å². The van der Waals surface area contributed by atoms with Gasteiger partial charge in [-0.1, -0.05) is 48.5 Å². The zero-order valence-corrected chi connectivity index (χ0v) is 13.8. The van der Waals surface area contributed by atoms with Crippen molar-refractivity contribution in [3.63, 3.8) is 0 Å². The van der Waals surface area contributed by atoms with E-state index >= 15 is 0 Å². The van der Waals surface area contributed by atoms with Crippen LogP contribution in [0.4, 0.5) is 0 Å². The average molecular weight is 325 g/mol. The fourth-order valence-corrected chi connectivity index (χ4v) is 2.89. The lowest BCUT2D eigenvalue weighted by Gasteiger charge is -2.29. The minimum Gasteiger partial charge on any atom is -0.481 e. The van der Waals surface area contributed by atoms with Crippen molar-refractivity contribution in [3.8, 4) is 5.75 Å². The largest absolute Gasteiger partial charge is 0.481 e. The summed E-state index contributed by atoms with van der Waals surface area (Å²) in [4.78, 5) is 12.3. The van der Waals surface area contributed by atoms with Gasteiger partial charge in [0, 0.05) is 0 Å². The lowest BCUT2D eigenvalue weighted by atomic mass is 9.88. The second-order valence-electron chi connectivity index (χ2n) is 6.36. The number of hydrogen-bond donors (Lipinski definition) is 2. The van der Waals surface area contributed by atoms with Crippen LogP contribution >= 0.6 is 0 Å². The molecule has 2 aromatic rings. The van der Waals surface area contributed by atoms with Gasteiger partial charge >= 0.3 is 0 Å². The van der Waals surface area contributed by atoms with Crippen LogP contribution in [0.25, 0.3) is 0 Å². The monoisotopic (exact) mass is 325 g/mol. The van der Waals surface area contributed by atoms with Crippen molar-refractivity contribution in [2.45, 2.75) is 31.5 Å². The molecule has 1 aliphatic rings. The Hall–Kier alpha value is -2.33. The summed E-state index contributed by atoms with van der Waals surface area (Å²) < 4.78 is 5.63. The summed E-state index contributed by atoms with van der Waals surface area (Å²) in [7, 11) is 0. The molecule has 126 valence electrons. The van der Waals surface area contributed by atoms with Gasteiger partial charge in [-0.2, -0.15) is 0 Å². The van der Waals surface area contributed by atoms with Gasteiger partial charge in [-0.05, 0) is 43.4 Å². The average Bonchev–Trinajstić information content (AvgIpc) is 3.46. The standard InChI is InChI=1S/C20H23NO3/c1-15(24-18-10-6-3-7-11-18)19(22)21-14-20(23,17-12-13-17)16-8-4-2-5-9-16/h2-11,15,17,23H,12-14H2,1H3,(H,21,22)/t15-,20+/m1/s1. The summed E-state index contributed by atoms with van der Waals surface area (Å²) in [5.74, 6) is 0.625. The molecule has 1 amide bonds. The number of amides is 1. The van der Waals surface area contributed by atoms with Crippen molar-refractivity contribution in [1.82, 2.24) is 5.32 Å². The maximum atomic E-state index is 12.3. The van der Waals surface area contributed by atoms with Crippen LogP contribution in [0.15, 0.2) is 60.7 Å². The van der Waals surface area contributed by atoms with Crippen LogP contribution < -0.4 is 10.1 Å². The molecule has 24 heavy (non-hydrogen) atoms. The molecule has 0 saturated heterocycles. The van der Waals surface area contributed by atoms with E-state index < -0.39 is 11.7 Å². The third kappa shape index (κ3) is 3.77. The fraction of sp³-hybridized carbons (Fsp3) is 0.350. The summed E-state index contributed by atoms with van der Waals surface area (Å²) in [5, 5.41) is 13.9. The Morgan fingerprint density at radius 1 is 1.17 bits per heavy atom. The first-order valence-corrected chi connectivity index (χ1v) is 8.37. The highest BCUT2D eigenvalue weighted by Gasteiger charge is 2.45. The highest BCUT2D eigenvalue weighted by Crippen LogP contribution is 2.45. The van der Waals surface area contributed by atoms with Gasteiger partial charge in [0.2, 0.25) is 0 Å². The van der Waals surface area contributed by atoms with Crippen LogP contribution in [0.1, 0.15) is 25.3 Å². The highest BCUT2D eigenvalue weighted by atomic mass is 16.5. The van der Waals surface area contributed by atoms with Crippen molar-refractivity contribution < 1.29 is 14.6 Å². The predicted octanol–water partition coefficient (Wildman–Crippen LogP) is 2.87. The molecule has 2 aromatic carbocycles. The molecule has 0 aromatic heterocycles. The van der Waals surface area contributed by atoms with E-state index in [4.69, 9.17) is 4.74 Å². The molecule has 2 N–H and O–H groups in total. The maximum absolute atomic E-state index is 12.3. The first-order chi connectivity index (χ1) is 11.6. The molecular formula is C20H23NO3. The molecule has 0 unspecified atom stereocenters. The van der Waals surface area contributed by atoms with E-state index in [1.807, 2.05) is 60.7 Å². The summed E-state index contributed by atoms with van der Waals surface area (Å²) in [6.07, 6.45) is 1.35. The Morgan fingerprint density at radius 2 is 1.75 bits per heavy atom. The number of ether oxygens (including phenoxy) is 1. The summed E-state index contributed by atoms with van der Waals surface area (Å²) in [6, 6.07) is 18.8. The molecule has 0 aliphatic heterocycles. The van der Waals surface area contributed by atoms with E-state index in [0.717, 1.165) is 18.4 Å². The minimum absolute atomic E-state index is 0.197. The van der Waals surface area contributed by atoms with E-state index in [2.05, 4.69) is 5.32 Å². The number of carbonyl (C=O) groups excluding carboxylic acids is 1. The van der Waals surface area contributed by atoms with Gasteiger partial charge in [0.25, 0.3) is 5.91 Å². The lowest BCUT2D eigenvalue weighted by Crippen LogP contribution is -2.46. The smallest absolute Gasteiger partial charge is 0.260 e. The second kappa shape index (κ2) is 7.05. The van der Waals surface area contributed by atoms with Crippen LogP contribution in [0, 0.1) is 5.92 Å². The van der Waals surface area contributed by atoms with Crippen molar-refractivity contribution in [2.24, 2.45) is 5.92 Å². The molecule has 4 nitrogen and oxygen atoms in total. The second-order valence-corrected chi connectivity index (χ2v) is 6.36. The predicted molar refractivity (Wildman–Crippen MR) is 92.6 cm³/mol. The number of aliphatic hydroxyl groups is 1. The first kappa shape index (κ1) is 16.5. The maximum Gasteiger partial charge on any atom is 0.260 e. The SMILES string of the molecule is C[C@@H](Oc1ccccc1)C(=O)NC[C@](O)(c1ccccc1)C1CC1. The van der Waals surface area contributed by atoms with Gasteiger partial charge in [-0.25, -0.2) is 0 Å². The van der Waals surface area contributed by atoms with Crippen molar-refractivity contribution in [3.05, 3.63) is 66.2 Å². The van der Waals surface area contributed by atoms with Gasteiger partial charge < -0.3 is 15.2 Å². The van der Waals surface area contributed by atoms with E-state index in [9.17, 15) is 9.90 Å². The number of carbonyl (C=O) groups is 1. The van der Waals surface area contributed by atoms with Crippen LogP contribution in [0.5, 0.6) is 5.75 Å². The van der Waals surface area contributed by atoms with E-state index in [0.29, 0.717) is 5.75 Å². The van der Waals surface area contributed by atoms with Crippen molar-refractivity contribution in [2.75, 3.05) is 6.54 Å². The quantitative estimate of drug-likeness (QED) is 0.823. The van der Waals surface area contributed by atoms with Gasteiger partial charge in [-0.15, -0.1) is 0 Å². The Balaban J connectivity index is 1.61. The number of hydrogen-bond acceptors (Lipinski definition) is 3. The summed E-state index contributed by atoms with van der Waals surface area (Å²) in [6.45, 7) is 1.91. The van der Waals surface area contributed by atoms with Crippen LogP contribution in [0.2, 0.25) is 0 Å². The highest BCUT2D eigenvalue weighted by molar-refractivity contribution is 5.80. The van der Waals surface area contributed by atoms with Gasteiger partial charge in [0.15, 0.2) is 6.10 Å². The Labute approximate surface area is 142 Å². The Kier molecular flexibility index (Phi) is 4.86. The van der Waals surface area contributed by atoms with Crippen molar-refractivity contribution >= 4 is 5.91 Å². The van der Waals surface area contributed by atoms with Crippen LogP contribution in [-0.2, 0) is 10.4 Å². The normalized spacial score (nSPS) is 17.6. The molecule has 3 rings (SSSR count). The minimum atomic E-state index is -1.01. The van der Waals surface area contributed by atoms with Crippen molar-refractivity contribution in [1.29, 1.82) is 0 Å². The fourth-order valence-electron chi connectivity index (χ4n) is 2.89. The molecule has 0 radical (unpaired) electrons. The topological polar surface area (TPSA) is 58.6 Å². The van der Waals surface area contributed by atoms with Crippen LogP contribution in [0.3, 0.4) is 0 Å². The molecule has 0 spiro atoms. The summed E-state index contributed by atoms with van der Waals surface area (Å²) in [5.41, 5.74) is -0.159. The number of para-hydroxylation sites is 1. The third-order valence-electron chi connectivity index (χ3n) is 4.48. The lowest BCUT2D eigenvalue weighted by molar-refractivity contribution is -0.128. The molecule has 4 heteroatoms. The van der Waals surface area contributed by atoms with E-state index in [1.165, 1.54) is 0 Å². The Morgan fingerprint density at radius 3 is 2.33 bits per heavy atom. The number of benzene rings is 2. The third-order valence-corrected chi connectivity index (χ3v) is 4.48. The molecule has 0 heterocycles. The molecule has 1 fully saturated rings. The summed E-state index contributed by atoms with van der Waals surface area (Å²) >= 11 is 0. The van der Waals surface area contributed by atoms with Crippen LogP contribution in [-0.4, -0.2) is 23.7 Å². The number of nitrogens with one attached hydrogen (secondary N) is 1. The first-order valence-electron chi connectivity index (χ1n) is 8.37. The number of rotatable bonds is 7. The molecular weight excluding hydrogens is 302 g/mol. The zero-order valence-electron chi connectivity index (χ0n) is 13.8. The molecule has 0 bridgehead atoms. The molecule has 2 atom stereocenters.